The van der Waals surface area contributed by atoms with E-state index in [2.05, 4.69) is 19.2 Å². The van der Waals surface area contributed by atoms with E-state index in [4.69, 9.17) is 9.47 Å². The van der Waals surface area contributed by atoms with Crippen LogP contribution in [-0.4, -0.2) is 41.6 Å². The Bertz CT molecular complexity index is 1480. The molecule has 1 fully saturated rings. The van der Waals surface area contributed by atoms with Crippen molar-refractivity contribution in [2.75, 3.05) is 13.7 Å². The van der Waals surface area contributed by atoms with Crippen molar-refractivity contribution >= 4 is 19.6 Å². The van der Waals surface area contributed by atoms with Crippen molar-refractivity contribution in [3.63, 3.8) is 0 Å². The zero-order valence-electron chi connectivity index (χ0n) is 22.2. The minimum atomic E-state index is -5.58. The quantitative estimate of drug-likeness (QED) is 0.147. The van der Waals surface area contributed by atoms with E-state index in [1.165, 1.54) is 43.6 Å². The average molecular weight is 654 g/mol. The summed E-state index contributed by atoms with van der Waals surface area (Å²) in [5, 5.41) is -0.0223. The summed E-state index contributed by atoms with van der Waals surface area (Å²) in [6.45, 7) is -0.669. The summed E-state index contributed by atoms with van der Waals surface area (Å²) in [7, 11) is -4.29. The molecule has 42 heavy (non-hydrogen) atoms. The molecule has 1 saturated carbocycles. The van der Waals surface area contributed by atoms with Crippen LogP contribution in [0, 0.1) is 0 Å². The maximum atomic E-state index is 13.5. The second-order valence-electron chi connectivity index (χ2n) is 8.63. The summed E-state index contributed by atoms with van der Waals surface area (Å²) in [4.78, 5) is 41.7. The summed E-state index contributed by atoms with van der Waals surface area (Å²) >= 11 is 0.890. The van der Waals surface area contributed by atoms with Crippen LogP contribution in [-0.2, 0) is 9.09 Å². The minimum absolute atomic E-state index is 0. The van der Waals surface area contributed by atoms with Gasteiger partial charge in [-0.3, -0.25) is 4.79 Å². The van der Waals surface area contributed by atoms with Gasteiger partial charge in [-0.1, -0.05) is 11.8 Å². The summed E-state index contributed by atoms with van der Waals surface area (Å²) in [6, 6.07) is 9.14. The molecule has 0 saturated heterocycles. The van der Waals surface area contributed by atoms with E-state index in [-0.39, 0.29) is 81.3 Å². The number of aromatic nitrogens is 2. The van der Waals surface area contributed by atoms with Crippen LogP contribution in [0.25, 0.3) is 11.3 Å². The number of methoxy groups -OCH3 is 1. The number of ether oxygens (including phenoxy) is 3. The van der Waals surface area contributed by atoms with Crippen molar-refractivity contribution in [1.82, 2.24) is 9.97 Å². The molecule has 19 heteroatoms. The number of aromatic amines is 1. The molecule has 0 amide bonds. The summed E-state index contributed by atoms with van der Waals surface area (Å²) in [5.74, 6) is -3.53. The monoisotopic (exact) mass is 654 g/mol. The van der Waals surface area contributed by atoms with Crippen LogP contribution in [0.4, 0.5) is 22.0 Å². The first-order valence-electron chi connectivity index (χ1n) is 11.1. The Morgan fingerprint density at radius 2 is 1.71 bits per heavy atom. The number of rotatable bonds is 10. The second kappa shape index (κ2) is 14.3. The van der Waals surface area contributed by atoms with Crippen molar-refractivity contribution < 1.29 is 114 Å². The van der Waals surface area contributed by atoms with Gasteiger partial charge in [-0.2, -0.15) is 0 Å². The van der Waals surface area contributed by atoms with Gasteiger partial charge in [-0.15, -0.1) is 13.2 Å². The van der Waals surface area contributed by atoms with Gasteiger partial charge in [-0.25, -0.2) is 13.8 Å². The van der Waals surface area contributed by atoms with Crippen molar-refractivity contribution in [3.05, 3.63) is 59.0 Å². The molecule has 1 aromatic heterocycles. The molecule has 0 atom stereocenters. The van der Waals surface area contributed by atoms with E-state index in [0.29, 0.717) is 10.5 Å². The largest absolute Gasteiger partial charge is 1.00 e. The van der Waals surface area contributed by atoms with Gasteiger partial charge < -0.3 is 38.1 Å². The predicted octanol–water partition coefficient (Wildman–Crippen LogP) is -2.10. The number of H-pyrrole nitrogens is 1. The first kappa shape index (κ1) is 37.0. The molecule has 10 nitrogen and oxygen atoms in total. The number of phosphoric ester groups is 1. The molecule has 0 radical (unpaired) electrons. The molecule has 1 aliphatic carbocycles. The predicted molar refractivity (Wildman–Crippen MR) is 125 cm³/mol. The third-order valence-corrected chi connectivity index (χ3v) is 7.03. The number of hydrogen-bond donors (Lipinski definition) is 1. The number of nitrogens with one attached hydrogen (secondary N) is 1. The summed E-state index contributed by atoms with van der Waals surface area (Å²) in [6.07, 6.45) is -5.58. The van der Waals surface area contributed by atoms with Crippen LogP contribution in [0.15, 0.2) is 63.4 Å². The first-order valence-corrected chi connectivity index (χ1v) is 13.4. The molecule has 0 aliphatic heterocycles. The zero-order valence-corrected chi connectivity index (χ0v) is 27.9. The first-order chi connectivity index (χ1) is 18.6. The van der Waals surface area contributed by atoms with E-state index >= 15 is 0 Å². The smallest absolute Gasteiger partial charge is 0.790 e. The minimum Gasteiger partial charge on any atom is -0.790 e. The number of nitrogens with zero attached hydrogens (tertiary/aromatic N) is 1. The summed E-state index contributed by atoms with van der Waals surface area (Å²) in [5.41, 5.74) is -1.90. The Balaban J connectivity index is 0.00000308. The number of halogens is 5. The maximum Gasteiger partial charge on any atom is 1.00 e. The van der Waals surface area contributed by atoms with Gasteiger partial charge in [0.2, 0.25) is 0 Å². The SMILES string of the molecule is COc1cc(-c2c[nH]c(=O)c(Sc3ccc(OC(F)(F)F)cc3)n2)ccc1OCC1(OP(=O)([O-])[O-])CC(F)(F)C1.[Na+].[Na+]. The van der Waals surface area contributed by atoms with E-state index < -0.39 is 56.5 Å². The normalized spacial score (nSPS) is 15.4. The fourth-order valence-corrected chi connectivity index (χ4v) is 5.35. The van der Waals surface area contributed by atoms with Crippen LogP contribution in [0.1, 0.15) is 12.8 Å². The van der Waals surface area contributed by atoms with Gasteiger partial charge in [0.05, 0.1) is 20.6 Å². The van der Waals surface area contributed by atoms with Gasteiger partial charge in [-0.05, 0) is 42.5 Å². The second-order valence-corrected chi connectivity index (χ2v) is 10.8. The molecule has 1 heterocycles. The molecule has 3 aromatic rings. The van der Waals surface area contributed by atoms with E-state index in [1.807, 2.05) is 0 Å². The topological polar surface area (TPSA) is 146 Å². The third-order valence-electron chi connectivity index (χ3n) is 5.45. The average Bonchev–Trinajstić information content (AvgIpc) is 2.82. The van der Waals surface area contributed by atoms with Crippen molar-refractivity contribution in [2.24, 2.45) is 0 Å². The van der Waals surface area contributed by atoms with Gasteiger partial charge in [0.1, 0.15) is 18.0 Å². The zero-order chi connectivity index (χ0) is 29.3. The van der Waals surface area contributed by atoms with Crippen LogP contribution >= 0.6 is 19.6 Å². The Kier molecular flexibility index (Phi) is 12.6. The number of alkyl halides is 5. The van der Waals surface area contributed by atoms with Crippen molar-refractivity contribution in [3.8, 4) is 28.5 Å². The van der Waals surface area contributed by atoms with Gasteiger partial charge in [0.15, 0.2) is 16.5 Å². The Morgan fingerprint density at radius 3 is 2.26 bits per heavy atom. The van der Waals surface area contributed by atoms with Gasteiger partial charge in [0.25, 0.3) is 11.5 Å². The van der Waals surface area contributed by atoms with Crippen molar-refractivity contribution in [1.29, 1.82) is 0 Å². The van der Waals surface area contributed by atoms with Gasteiger partial charge in [0, 0.05) is 29.5 Å². The maximum absolute atomic E-state index is 13.5. The Hall–Kier alpha value is -1.17. The molecular formula is C23H18F5N2Na2O8PS. The number of benzene rings is 2. The molecule has 0 bridgehead atoms. The number of hydrogen-bond acceptors (Lipinski definition) is 10. The molecule has 2 aromatic carbocycles. The van der Waals surface area contributed by atoms with Crippen LogP contribution < -0.4 is 88.7 Å². The fraction of sp³-hybridized carbons (Fsp3) is 0.304. The van der Waals surface area contributed by atoms with E-state index in [0.717, 1.165) is 23.9 Å². The van der Waals surface area contributed by atoms with Crippen LogP contribution in [0.5, 0.6) is 17.2 Å². The van der Waals surface area contributed by atoms with E-state index in [1.54, 1.807) is 0 Å². The molecule has 1 N–H and O–H groups in total. The van der Waals surface area contributed by atoms with Crippen LogP contribution in [0.2, 0.25) is 0 Å². The third kappa shape index (κ3) is 10.2. The molecule has 0 spiro atoms. The standard InChI is InChI=1S/C23H20F5N2O8PS.2Na/c1-35-18-8-13(2-7-17(18)36-12-21(38-39(32,33)34)10-22(24,25)11-21)16-9-29-19(31)20(30-16)40-15-5-3-14(4-6-15)37-23(26,27)28;;/h2-9H,10-12H2,1H3,(H,29,31)(H2,32,33,34);;/q;2*+1/p-2. The fourth-order valence-electron chi connectivity index (χ4n) is 3.90. The molecule has 216 valence electrons. The molecule has 0 unspecified atom stereocenters. The molecular weight excluding hydrogens is 636 g/mol. The van der Waals surface area contributed by atoms with Crippen molar-refractivity contribution in [2.45, 2.75) is 40.6 Å². The van der Waals surface area contributed by atoms with Crippen LogP contribution in [0.3, 0.4) is 0 Å². The Labute approximate surface area is 283 Å². The number of phosphoric acid groups is 1. The van der Waals surface area contributed by atoms with Gasteiger partial charge >= 0.3 is 65.5 Å². The molecule has 4 rings (SSSR count). The molecule has 1 aliphatic rings. The Morgan fingerprint density at radius 1 is 1.07 bits per heavy atom. The summed E-state index contributed by atoms with van der Waals surface area (Å²) < 4.78 is 94.0. The van der Waals surface area contributed by atoms with E-state index in [9.17, 15) is 41.1 Å².